The Morgan fingerprint density at radius 1 is 1.23 bits per heavy atom. The van der Waals surface area contributed by atoms with Crippen LogP contribution >= 0.6 is 11.8 Å². The summed E-state index contributed by atoms with van der Waals surface area (Å²) in [6.45, 7) is 3.18. The van der Waals surface area contributed by atoms with Gasteiger partial charge in [0, 0.05) is 18.3 Å². The van der Waals surface area contributed by atoms with Crippen molar-refractivity contribution in [1.29, 1.82) is 0 Å². The van der Waals surface area contributed by atoms with Crippen LogP contribution in [0.5, 0.6) is 0 Å². The van der Waals surface area contributed by atoms with Crippen LogP contribution in [0.2, 0.25) is 0 Å². The summed E-state index contributed by atoms with van der Waals surface area (Å²) in [7, 11) is 0. The van der Waals surface area contributed by atoms with Crippen molar-refractivity contribution in [3.05, 3.63) is 24.3 Å². The van der Waals surface area contributed by atoms with Crippen LogP contribution in [0.25, 0.3) is 0 Å². The minimum absolute atomic E-state index is 0.146. The first kappa shape index (κ1) is 15.8. The second-order valence-electron chi connectivity index (χ2n) is 4.51. The lowest BCUT2D eigenvalue weighted by Crippen LogP contribution is -2.22. The minimum Gasteiger partial charge on any atom is -0.368 e. The van der Waals surface area contributed by atoms with Gasteiger partial charge in [-0.25, -0.2) is 5.10 Å². The van der Waals surface area contributed by atoms with E-state index in [-0.39, 0.29) is 23.0 Å². The molecule has 0 spiro atoms. The van der Waals surface area contributed by atoms with Crippen LogP contribution in [0, 0.1) is 0 Å². The van der Waals surface area contributed by atoms with Crippen molar-refractivity contribution in [2.75, 3.05) is 16.4 Å². The Morgan fingerprint density at radius 3 is 2.32 bits per heavy atom. The zero-order chi connectivity index (χ0) is 16.1. The van der Waals surface area contributed by atoms with Crippen LogP contribution in [0.4, 0.5) is 17.3 Å². The monoisotopic (exact) mass is 320 g/mol. The number of anilines is 3. The molecule has 0 saturated heterocycles. The zero-order valence-electron chi connectivity index (χ0n) is 12.1. The van der Waals surface area contributed by atoms with Gasteiger partial charge in [-0.05, 0) is 31.2 Å². The smallest absolute Gasteiger partial charge is 0.237 e. The SMILES string of the molecule is CC(=O)Nc1ccc(NC(=O)[C@H](C)Sc2n[nH]c(N)n2)cc1. The molecular weight excluding hydrogens is 304 g/mol. The molecule has 0 saturated carbocycles. The second-order valence-corrected chi connectivity index (χ2v) is 5.82. The highest BCUT2D eigenvalue weighted by atomic mass is 32.2. The molecule has 1 aromatic heterocycles. The van der Waals surface area contributed by atoms with Gasteiger partial charge >= 0.3 is 0 Å². The number of thioether (sulfide) groups is 1. The topological polar surface area (TPSA) is 126 Å². The molecule has 8 nitrogen and oxygen atoms in total. The molecule has 2 rings (SSSR count). The van der Waals surface area contributed by atoms with E-state index in [9.17, 15) is 9.59 Å². The van der Waals surface area contributed by atoms with E-state index in [4.69, 9.17) is 5.73 Å². The van der Waals surface area contributed by atoms with Crippen molar-refractivity contribution in [3.63, 3.8) is 0 Å². The van der Waals surface area contributed by atoms with Gasteiger partial charge in [-0.15, -0.1) is 5.10 Å². The summed E-state index contributed by atoms with van der Waals surface area (Å²) in [5.41, 5.74) is 6.74. The van der Waals surface area contributed by atoms with E-state index in [0.717, 1.165) is 0 Å². The van der Waals surface area contributed by atoms with Gasteiger partial charge in [0.25, 0.3) is 0 Å². The fraction of sp³-hybridized carbons (Fsp3) is 0.231. The van der Waals surface area contributed by atoms with E-state index in [1.54, 1.807) is 31.2 Å². The molecule has 2 amide bonds. The molecule has 5 N–H and O–H groups in total. The van der Waals surface area contributed by atoms with Crippen molar-refractivity contribution in [1.82, 2.24) is 15.2 Å². The predicted molar refractivity (Wildman–Crippen MR) is 85.5 cm³/mol. The number of nitrogens with two attached hydrogens (primary N) is 1. The number of nitrogens with one attached hydrogen (secondary N) is 3. The van der Waals surface area contributed by atoms with Crippen molar-refractivity contribution >= 4 is 40.9 Å². The van der Waals surface area contributed by atoms with Gasteiger partial charge in [0.2, 0.25) is 22.9 Å². The largest absolute Gasteiger partial charge is 0.368 e. The molecule has 1 heterocycles. The second kappa shape index (κ2) is 6.94. The zero-order valence-corrected chi connectivity index (χ0v) is 12.9. The molecule has 1 aromatic carbocycles. The molecular formula is C13H16N6O2S. The molecule has 1 atom stereocenters. The van der Waals surface area contributed by atoms with E-state index in [0.29, 0.717) is 16.5 Å². The maximum atomic E-state index is 12.1. The Labute approximate surface area is 131 Å². The molecule has 0 aliphatic heterocycles. The van der Waals surface area contributed by atoms with Crippen molar-refractivity contribution < 1.29 is 9.59 Å². The first-order chi connectivity index (χ1) is 10.4. The molecule has 0 unspecified atom stereocenters. The number of amides is 2. The quantitative estimate of drug-likeness (QED) is 0.618. The Kier molecular flexibility index (Phi) is 4.99. The number of benzene rings is 1. The summed E-state index contributed by atoms with van der Waals surface area (Å²) < 4.78 is 0. The van der Waals surface area contributed by atoms with Crippen LogP contribution < -0.4 is 16.4 Å². The Morgan fingerprint density at radius 2 is 1.82 bits per heavy atom. The number of carbonyl (C=O) groups is 2. The van der Waals surface area contributed by atoms with E-state index in [1.807, 2.05) is 0 Å². The maximum Gasteiger partial charge on any atom is 0.237 e. The fourth-order valence-electron chi connectivity index (χ4n) is 1.61. The third kappa shape index (κ3) is 4.48. The van der Waals surface area contributed by atoms with E-state index in [1.165, 1.54) is 18.7 Å². The molecule has 0 bridgehead atoms. The lowest BCUT2D eigenvalue weighted by molar-refractivity contribution is -0.115. The molecule has 2 aromatic rings. The van der Waals surface area contributed by atoms with Gasteiger partial charge in [0.05, 0.1) is 5.25 Å². The molecule has 0 aliphatic carbocycles. The lowest BCUT2D eigenvalue weighted by atomic mass is 10.2. The van der Waals surface area contributed by atoms with Crippen molar-refractivity contribution in [3.8, 4) is 0 Å². The number of nitrogen functional groups attached to an aromatic ring is 1. The van der Waals surface area contributed by atoms with Gasteiger partial charge in [0.15, 0.2) is 0 Å². The standard InChI is InChI=1S/C13H16N6O2S/c1-7(22-13-17-12(14)18-19-13)11(21)16-10-5-3-9(4-6-10)15-8(2)20/h3-7H,1-2H3,(H,15,20)(H,16,21)(H3,14,17,18,19)/t7-/m0/s1. The summed E-state index contributed by atoms with van der Waals surface area (Å²) >= 11 is 1.20. The molecule has 0 radical (unpaired) electrons. The molecule has 22 heavy (non-hydrogen) atoms. The average molecular weight is 320 g/mol. The Hall–Kier alpha value is -2.55. The van der Waals surface area contributed by atoms with Gasteiger partial charge in [-0.3, -0.25) is 9.59 Å². The summed E-state index contributed by atoms with van der Waals surface area (Å²) in [6.07, 6.45) is 0. The third-order valence-corrected chi connectivity index (χ3v) is 3.57. The average Bonchev–Trinajstić information content (AvgIpc) is 2.85. The van der Waals surface area contributed by atoms with Gasteiger partial charge in [-0.2, -0.15) is 4.98 Å². The number of hydrogen-bond donors (Lipinski definition) is 4. The Bertz CT molecular complexity index is 669. The van der Waals surface area contributed by atoms with Crippen molar-refractivity contribution in [2.24, 2.45) is 0 Å². The third-order valence-electron chi connectivity index (χ3n) is 2.61. The van der Waals surface area contributed by atoms with Crippen LogP contribution in [0.3, 0.4) is 0 Å². The first-order valence-electron chi connectivity index (χ1n) is 6.47. The maximum absolute atomic E-state index is 12.1. The highest BCUT2D eigenvalue weighted by molar-refractivity contribution is 8.00. The van der Waals surface area contributed by atoms with E-state index in [2.05, 4.69) is 25.8 Å². The van der Waals surface area contributed by atoms with Crippen molar-refractivity contribution in [2.45, 2.75) is 24.3 Å². The van der Waals surface area contributed by atoms with Gasteiger partial charge in [0.1, 0.15) is 0 Å². The van der Waals surface area contributed by atoms with Crippen LogP contribution in [0.1, 0.15) is 13.8 Å². The highest BCUT2D eigenvalue weighted by Gasteiger charge is 2.17. The predicted octanol–water partition coefficient (Wildman–Crippen LogP) is 1.46. The summed E-state index contributed by atoms with van der Waals surface area (Å²) in [4.78, 5) is 27.0. The normalized spacial score (nSPS) is 11.7. The van der Waals surface area contributed by atoms with E-state index >= 15 is 0 Å². The minimum atomic E-state index is -0.384. The number of H-pyrrole nitrogens is 1. The Balaban J connectivity index is 1.91. The number of hydrogen-bond acceptors (Lipinski definition) is 6. The molecule has 9 heteroatoms. The van der Waals surface area contributed by atoms with Gasteiger partial charge < -0.3 is 16.4 Å². The highest BCUT2D eigenvalue weighted by Crippen LogP contribution is 2.21. The first-order valence-corrected chi connectivity index (χ1v) is 7.35. The van der Waals surface area contributed by atoms with Crippen LogP contribution in [-0.2, 0) is 9.59 Å². The summed E-state index contributed by atoms with van der Waals surface area (Å²) in [5, 5.41) is 11.8. The molecule has 0 fully saturated rings. The van der Waals surface area contributed by atoms with E-state index < -0.39 is 0 Å². The number of carbonyl (C=O) groups excluding carboxylic acids is 2. The van der Waals surface area contributed by atoms with Crippen LogP contribution in [0.15, 0.2) is 29.4 Å². The van der Waals surface area contributed by atoms with Crippen LogP contribution in [-0.4, -0.2) is 32.2 Å². The fourth-order valence-corrected chi connectivity index (χ4v) is 2.34. The lowest BCUT2D eigenvalue weighted by Gasteiger charge is -2.10. The number of rotatable bonds is 5. The number of aromatic nitrogens is 3. The number of nitrogens with zero attached hydrogens (tertiary/aromatic N) is 2. The summed E-state index contributed by atoms with van der Waals surface area (Å²) in [6, 6.07) is 6.85. The van der Waals surface area contributed by atoms with Gasteiger partial charge in [-0.1, -0.05) is 11.8 Å². The molecule has 0 aliphatic rings. The molecule has 116 valence electrons. The number of aromatic amines is 1. The summed E-state index contributed by atoms with van der Waals surface area (Å²) in [5.74, 6) is -0.114.